The Balaban J connectivity index is 2.00. The van der Waals surface area contributed by atoms with Crippen LogP contribution in [0, 0.1) is 11.6 Å². The van der Waals surface area contributed by atoms with Crippen LogP contribution in [0.2, 0.25) is 0 Å². The number of rotatable bonds is 4. The van der Waals surface area contributed by atoms with Gasteiger partial charge in [0.15, 0.2) is 0 Å². The Morgan fingerprint density at radius 1 is 1.19 bits per heavy atom. The normalized spacial score (nSPS) is 12.0. The SMILES string of the molecule is CC(Sc1ccc(F)cc1)C(=O)Nc1ccc(Br)cc1F. The molecule has 6 heteroatoms. The van der Waals surface area contributed by atoms with Crippen molar-refractivity contribution in [1.82, 2.24) is 0 Å². The van der Waals surface area contributed by atoms with E-state index in [2.05, 4.69) is 21.2 Å². The average Bonchev–Trinajstić information content (AvgIpc) is 2.44. The number of benzene rings is 2. The van der Waals surface area contributed by atoms with Gasteiger partial charge in [-0.25, -0.2) is 8.78 Å². The van der Waals surface area contributed by atoms with Crippen molar-refractivity contribution in [3.05, 3.63) is 58.6 Å². The van der Waals surface area contributed by atoms with Crippen molar-refractivity contribution in [2.75, 3.05) is 5.32 Å². The molecule has 0 aliphatic heterocycles. The lowest BCUT2D eigenvalue weighted by Crippen LogP contribution is -2.22. The molecular formula is C15H12BrF2NOS. The number of carbonyl (C=O) groups is 1. The van der Waals surface area contributed by atoms with E-state index in [-0.39, 0.29) is 17.4 Å². The standard InChI is InChI=1S/C15H12BrF2NOS/c1-9(21-12-5-3-11(17)4-6-12)15(20)19-14-7-2-10(16)8-13(14)18/h2-9H,1H3,(H,19,20). The van der Waals surface area contributed by atoms with Gasteiger partial charge < -0.3 is 5.32 Å². The molecule has 0 aliphatic rings. The number of amides is 1. The average molecular weight is 372 g/mol. The summed E-state index contributed by atoms with van der Waals surface area (Å²) in [6.45, 7) is 1.71. The number of carbonyl (C=O) groups excluding carboxylic acids is 1. The molecule has 0 radical (unpaired) electrons. The zero-order chi connectivity index (χ0) is 15.4. The van der Waals surface area contributed by atoms with Crippen molar-refractivity contribution < 1.29 is 13.6 Å². The van der Waals surface area contributed by atoms with Crippen LogP contribution < -0.4 is 5.32 Å². The van der Waals surface area contributed by atoms with E-state index in [1.54, 1.807) is 25.1 Å². The quantitative estimate of drug-likeness (QED) is 0.778. The van der Waals surface area contributed by atoms with Crippen LogP contribution in [0.1, 0.15) is 6.92 Å². The smallest absolute Gasteiger partial charge is 0.237 e. The highest BCUT2D eigenvalue weighted by Gasteiger charge is 2.16. The summed E-state index contributed by atoms with van der Waals surface area (Å²) in [5.41, 5.74) is 0.134. The maximum absolute atomic E-state index is 13.7. The second-order valence-electron chi connectivity index (χ2n) is 4.33. The molecule has 0 aliphatic carbocycles. The summed E-state index contributed by atoms with van der Waals surface area (Å²) in [4.78, 5) is 12.8. The molecule has 0 heterocycles. The minimum absolute atomic E-state index is 0.134. The molecule has 1 atom stereocenters. The van der Waals surface area contributed by atoms with Crippen LogP contribution in [0.15, 0.2) is 51.8 Å². The molecule has 2 rings (SSSR count). The molecule has 1 amide bonds. The molecule has 0 aromatic heterocycles. The Labute approximate surface area is 134 Å². The van der Waals surface area contributed by atoms with E-state index >= 15 is 0 Å². The lowest BCUT2D eigenvalue weighted by atomic mass is 10.3. The van der Waals surface area contributed by atoms with Crippen LogP contribution in [0.25, 0.3) is 0 Å². The van der Waals surface area contributed by atoms with Gasteiger partial charge in [-0.3, -0.25) is 4.79 Å². The van der Waals surface area contributed by atoms with E-state index in [4.69, 9.17) is 0 Å². The topological polar surface area (TPSA) is 29.1 Å². The zero-order valence-electron chi connectivity index (χ0n) is 11.1. The Morgan fingerprint density at radius 2 is 1.86 bits per heavy atom. The van der Waals surface area contributed by atoms with Gasteiger partial charge in [0.2, 0.25) is 5.91 Å². The minimum atomic E-state index is -0.503. The van der Waals surface area contributed by atoms with Gasteiger partial charge in [0.25, 0.3) is 0 Å². The van der Waals surface area contributed by atoms with Crippen LogP contribution >= 0.6 is 27.7 Å². The summed E-state index contributed by atoms with van der Waals surface area (Å²) >= 11 is 4.43. The highest BCUT2D eigenvalue weighted by Crippen LogP contribution is 2.25. The lowest BCUT2D eigenvalue weighted by Gasteiger charge is -2.12. The molecule has 1 N–H and O–H groups in total. The third kappa shape index (κ3) is 4.54. The number of anilines is 1. The van der Waals surface area contributed by atoms with Crippen molar-refractivity contribution in [1.29, 1.82) is 0 Å². The predicted octanol–water partition coefficient (Wildman–Crippen LogP) is 4.85. The Hall–Kier alpha value is -1.40. The molecule has 2 aromatic carbocycles. The fourth-order valence-corrected chi connectivity index (χ4v) is 2.80. The summed E-state index contributed by atoms with van der Waals surface area (Å²) in [5.74, 6) is -1.14. The van der Waals surface area contributed by atoms with E-state index in [0.29, 0.717) is 4.47 Å². The van der Waals surface area contributed by atoms with E-state index in [9.17, 15) is 13.6 Å². The van der Waals surface area contributed by atoms with Crippen LogP contribution in [0.4, 0.5) is 14.5 Å². The third-order valence-electron chi connectivity index (χ3n) is 2.68. The highest BCUT2D eigenvalue weighted by molar-refractivity contribution is 9.10. The summed E-state index contributed by atoms with van der Waals surface area (Å²) < 4.78 is 27.1. The van der Waals surface area contributed by atoms with Gasteiger partial charge in [-0.2, -0.15) is 0 Å². The van der Waals surface area contributed by atoms with E-state index in [1.807, 2.05) is 0 Å². The molecular weight excluding hydrogens is 360 g/mol. The minimum Gasteiger partial charge on any atom is -0.323 e. The molecule has 0 saturated heterocycles. The molecule has 0 saturated carbocycles. The van der Waals surface area contributed by atoms with Gasteiger partial charge in [0, 0.05) is 9.37 Å². The first kappa shape index (κ1) is 16.0. The number of hydrogen-bond acceptors (Lipinski definition) is 2. The first-order valence-corrected chi connectivity index (χ1v) is 7.81. The third-order valence-corrected chi connectivity index (χ3v) is 4.29. The van der Waals surface area contributed by atoms with Gasteiger partial charge in [0.05, 0.1) is 10.9 Å². The number of thioether (sulfide) groups is 1. The number of nitrogens with one attached hydrogen (secondary N) is 1. The fourth-order valence-electron chi connectivity index (χ4n) is 1.60. The van der Waals surface area contributed by atoms with Crippen LogP contribution in [-0.2, 0) is 4.79 Å². The molecule has 21 heavy (non-hydrogen) atoms. The van der Waals surface area contributed by atoms with Gasteiger partial charge in [0.1, 0.15) is 11.6 Å². The van der Waals surface area contributed by atoms with E-state index < -0.39 is 11.1 Å². The van der Waals surface area contributed by atoms with Crippen LogP contribution in [-0.4, -0.2) is 11.2 Å². The fraction of sp³-hybridized carbons (Fsp3) is 0.133. The Bertz CT molecular complexity index is 649. The molecule has 1 unspecified atom stereocenters. The van der Waals surface area contributed by atoms with Crippen molar-refractivity contribution in [2.24, 2.45) is 0 Å². The molecule has 110 valence electrons. The Kier molecular flexibility index (Phi) is 5.36. The largest absolute Gasteiger partial charge is 0.323 e. The molecule has 2 aromatic rings. The lowest BCUT2D eigenvalue weighted by molar-refractivity contribution is -0.115. The molecule has 0 fully saturated rings. The maximum Gasteiger partial charge on any atom is 0.237 e. The van der Waals surface area contributed by atoms with Gasteiger partial charge in [-0.1, -0.05) is 15.9 Å². The predicted molar refractivity (Wildman–Crippen MR) is 84.4 cm³/mol. The van der Waals surface area contributed by atoms with Crippen molar-refractivity contribution in [3.63, 3.8) is 0 Å². The molecule has 0 bridgehead atoms. The molecule has 2 nitrogen and oxygen atoms in total. The van der Waals surface area contributed by atoms with Gasteiger partial charge >= 0.3 is 0 Å². The highest BCUT2D eigenvalue weighted by atomic mass is 79.9. The Morgan fingerprint density at radius 3 is 2.48 bits per heavy atom. The number of hydrogen-bond donors (Lipinski definition) is 1. The maximum atomic E-state index is 13.7. The van der Waals surface area contributed by atoms with Crippen LogP contribution in [0.5, 0.6) is 0 Å². The summed E-state index contributed by atoms with van der Waals surface area (Å²) in [6.07, 6.45) is 0. The van der Waals surface area contributed by atoms with Gasteiger partial charge in [-0.15, -0.1) is 11.8 Å². The first-order chi connectivity index (χ1) is 9.95. The van der Waals surface area contributed by atoms with Crippen molar-refractivity contribution in [3.8, 4) is 0 Å². The van der Waals surface area contributed by atoms with E-state index in [1.165, 1.54) is 36.0 Å². The summed E-state index contributed by atoms with van der Waals surface area (Å²) in [6, 6.07) is 10.3. The van der Waals surface area contributed by atoms with Crippen LogP contribution in [0.3, 0.4) is 0 Å². The van der Waals surface area contributed by atoms with Crippen molar-refractivity contribution in [2.45, 2.75) is 17.1 Å². The molecule has 0 spiro atoms. The summed E-state index contributed by atoms with van der Waals surface area (Å²) in [5, 5.41) is 2.11. The monoisotopic (exact) mass is 371 g/mol. The number of halogens is 3. The zero-order valence-corrected chi connectivity index (χ0v) is 13.5. The summed E-state index contributed by atoms with van der Waals surface area (Å²) in [7, 11) is 0. The second-order valence-corrected chi connectivity index (χ2v) is 6.66. The van der Waals surface area contributed by atoms with E-state index in [0.717, 1.165) is 4.90 Å². The van der Waals surface area contributed by atoms with Crippen molar-refractivity contribution >= 4 is 39.3 Å². The van der Waals surface area contributed by atoms with Gasteiger partial charge in [-0.05, 0) is 49.4 Å². The second kappa shape index (κ2) is 7.04. The first-order valence-electron chi connectivity index (χ1n) is 6.14.